The summed E-state index contributed by atoms with van der Waals surface area (Å²) in [7, 11) is 0. The Morgan fingerprint density at radius 2 is 1.39 bits per heavy atom. The second-order valence-corrected chi connectivity index (χ2v) is 11.1. The Morgan fingerprint density at radius 1 is 0.707 bits per heavy atom. The Kier molecular flexibility index (Phi) is 9.08. The average Bonchev–Trinajstić information content (AvgIpc) is 3.01. The number of carbonyl (C=O) groups excluding carboxylic acids is 3. The van der Waals surface area contributed by atoms with Crippen LogP contribution in [0.5, 0.6) is 0 Å². The first-order valence-corrected chi connectivity index (χ1v) is 14.6. The molecule has 0 radical (unpaired) electrons. The first-order chi connectivity index (χ1) is 20.0. The number of Topliss-reactive ketones (excluding diaryl/α,β-unsaturated/α-hetero) is 1. The van der Waals surface area contributed by atoms with Gasteiger partial charge in [-0.1, -0.05) is 88.7 Å². The lowest BCUT2D eigenvalue weighted by atomic mass is 10.0. The minimum Gasteiger partial charge on any atom is -0.321 e. The largest absolute Gasteiger partial charge is 0.321 e. The van der Waals surface area contributed by atoms with Gasteiger partial charge in [-0.15, -0.1) is 11.8 Å². The number of hydrogen-bond donors (Lipinski definition) is 2. The highest BCUT2D eigenvalue weighted by Crippen LogP contribution is 2.24. The Morgan fingerprint density at radius 3 is 2.15 bits per heavy atom. The second kappa shape index (κ2) is 13.3. The molecule has 0 fully saturated rings. The van der Waals surface area contributed by atoms with Crippen molar-refractivity contribution in [1.29, 1.82) is 0 Å². The minimum absolute atomic E-state index is 0.0391. The summed E-state index contributed by atoms with van der Waals surface area (Å²) in [6.45, 7) is 0. The van der Waals surface area contributed by atoms with E-state index in [-0.39, 0.29) is 17.4 Å². The normalized spacial score (nSPS) is 11.2. The van der Waals surface area contributed by atoms with Crippen LogP contribution in [0.1, 0.15) is 26.3 Å². The van der Waals surface area contributed by atoms with E-state index in [0.29, 0.717) is 22.6 Å². The van der Waals surface area contributed by atoms with Crippen LogP contribution in [0.4, 0.5) is 5.69 Å². The maximum atomic E-state index is 13.5. The maximum Gasteiger partial charge on any atom is 0.272 e. The van der Waals surface area contributed by atoms with Crippen LogP contribution in [0.25, 0.3) is 16.8 Å². The molecule has 202 valence electrons. The zero-order valence-electron chi connectivity index (χ0n) is 21.8. The molecule has 0 spiro atoms. The quantitative estimate of drug-likeness (QED) is 0.0995. The third-order valence-electron chi connectivity index (χ3n) is 6.30. The number of amides is 2. The zero-order valence-corrected chi connectivity index (χ0v) is 24.2. The van der Waals surface area contributed by atoms with Gasteiger partial charge < -0.3 is 10.6 Å². The Labute approximate surface area is 250 Å². The van der Waals surface area contributed by atoms with Crippen LogP contribution in [0.2, 0.25) is 0 Å². The molecule has 0 aliphatic carbocycles. The van der Waals surface area contributed by atoms with E-state index in [9.17, 15) is 14.4 Å². The molecule has 41 heavy (non-hydrogen) atoms. The number of halogens is 1. The van der Waals surface area contributed by atoms with Crippen molar-refractivity contribution >= 4 is 67.8 Å². The molecular formula is C34H25BrN2O3S. The van der Waals surface area contributed by atoms with E-state index in [0.717, 1.165) is 25.7 Å². The first kappa shape index (κ1) is 28.1. The van der Waals surface area contributed by atoms with Crippen molar-refractivity contribution in [1.82, 2.24) is 5.32 Å². The van der Waals surface area contributed by atoms with Crippen LogP contribution in [0.15, 0.2) is 136 Å². The molecule has 2 amide bonds. The van der Waals surface area contributed by atoms with Crippen LogP contribution < -0.4 is 10.6 Å². The summed E-state index contributed by atoms with van der Waals surface area (Å²) < 4.78 is 0.925. The summed E-state index contributed by atoms with van der Waals surface area (Å²) in [6.07, 6.45) is 1.69. The Bertz CT molecular complexity index is 1730. The van der Waals surface area contributed by atoms with Crippen molar-refractivity contribution in [3.8, 4) is 0 Å². The lowest BCUT2D eigenvalue weighted by molar-refractivity contribution is -0.113. The van der Waals surface area contributed by atoms with Crippen molar-refractivity contribution in [3.05, 3.63) is 148 Å². The van der Waals surface area contributed by atoms with Crippen LogP contribution in [-0.2, 0) is 4.79 Å². The SMILES string of the molecule is O=C(Nc1ccc(SCC(=O)c2ccc(Br)cc2)cc1)/C(=C/c1cccc2ccccc12)NC(=O)c1ccccc1. The van der Waals surface area contributed by atoms with Gasteiger partial charge >= 0.3 is 0 Å². The van der Waals surface area contributed by atoms with E-state index < -0.39 is 5.91 Å². The van der Waals surface area contributed by atoms with Crippen molar-refractivity contribution in [2.45, 2.75) is 4.90 Å². The predicted octanol–water partition coefficient (Wildman–Crippen LogP) is 7.99. The number of nitrogens with one attached hydrogen (secondary N) is 2. The summed E-state index contributed by atoms with van der Waals surface area (Å²) in [6, 6.07) is 37.0. The zero-order chi connectivity index (χ0) is 28.6. The molecule has 0 saturated heterocycles. The van der Waals surface area contributed by atoms with E-state index in [1.165, 1.54) is 11.8 Å². The molecule has 7 heteroatoms. The third kappa shape index (κ3) is 7.39. The van der Waals surface area contributed by atoms with E-state index >= 15 is 0 Å². The summed E-state index contributed by atoms with van der Waals surface area (Å²) in [5, 5.41) is 7.68. The Balaban J connectivity index is 1.32. The number of anilines is 1. The highest BCUT2D eigenvalue weighted by Gasteiger charge is 2.16. The molecule has 0 saturated carbocycles. The molecule has 5 aromatic carbocycles. The smallest absolute Gasteiger partial charge is 0.272 e. The van der Waals surface area contributed by atoms with Crippen molar-refractivity contribution in [2.75, 3.05) is 11.1 Å². The van der Waals surface area contributed by atoms with Crippen molar-refractivity contribution in [3.63, 3.8) is 0 Å². The monoisotopic (exact) mass is 620 g/mol. The van der Waals surface area contributed by atoms with E-state index in [4.69, 9.17) is 0 Å². The third-order valence-corrected chi connectivity index (χ3v) is 7.84. The minimum atomic E-state index is -0.451. The fourth-order valence-electron chi connectivity index (χ4n) is 4.18. The molecule has 0 heterocycles. The van der Waals surface area contributed by atoms with E-state index in [2.05, 4.69) is 26.6 Å². The van der Waals surface area contributed by atoms with Gasteiger partial charge in [-0.25, -0.2) is 0 Å². The van der Waals surface area contributed by atoms with Gasteiger partial charge in [0.05, 0.1) is 5.75 Å². The number of rotatable bonds is 9. The lowest BCUT2D eigenvalue weighted by Crippen LogP contribution is -2.30. The molecule has 5 nitrogen and oxygen atoms in total. The van der Waals surface area contributed by atoms with E-state index in [1.54, 1.807) is 54.6 Å². The molecule has 0 unspecified atom stereocenters. The number of thioether (sulfide) groups is 1. The summed E-state index contributed by atoms with van der Waals surface area (Å²) in [5.74, 6) is -0.490. The number of ketones is 1. The van der Waals surface area contributed by atoms with Crippen LogP contribution in [-0.4, -0.2) is 23.4 Å². The molecular weight excluding hydrogens is 596 g/mol. The molecule has 0 aliphatic heterocycles. The average molecular weight is 622 g/mol. The molecule has 5 rings (SSSR count). The lowest BCUT2D eigenvalue weighted by Gasteiger charge is -2.12. The van der Waals surface area contributed by atoms with Gasteiger partial charge in [0, 0.05) is 26.2 Å². The molecule has 5 aromatic rings. The maximum absolute atomic E-state index is 13.5. The molecule has 0 aromatic heterocycles. The number of hydrogen-bond acceptors (Lipinski definition) is 4. The van der Waals surface area contributed by atoms with Gasteiger partial charge in [-0.05, 0) is 70.9 Å². The predicted molar refractivity (Wildman–Crippen MR) is 170 cm³/mol. The highest BCUT2D eigenvalue weighted by molar-refractivity contribution is 9.10. The molecule has 0 aliphatic rings. The fraction of sp³-hybridized carbons (Fsp3) is 0.0294. The topological polar surface area (TPSA) is 75.3 Å². The van der Waals surface area contributed by atoms with Crippen LogP contribution >= 0.6 is 27.7 Å². The first-order valence-electron chi connectivity index (χ1n) is 12.8. The molecule has 0 atom stereocenters. The van der Waals surface area contributed by atoms with Crippen molar-refractivity contribution in [2.24, 2.45) is 0 Å². The fourth-order valence-corrected chi connectivity index (χ4v) is 5.23. The van der Waals surface area contributed by atoms with Crippen LogP contribution in [0, 0.1) is 0 Å². The van der Waals surface area contributed by atoms with Crippen molar-refractivity contribution < 1.29 is 14.4 Å². The van der Waals surface area contributed by atoms with Gasteiger partial charge in [0.25, 0.3) is 11.8 Å². The number of fused-ring (bicyclic) bond motifs is 1. The van der Waals surface area contributed by atoms with E-state index in [1.807, 2.05) is 72.8 Å². The summed E-state index contributed by atoms with van der Waals surface area (Å²) in [5.41, 5.74) is 2.60. The molecule has 0 bridgehead atoms. The Hall–Kier alpha value is -4.46. The van der Waals surface area contributed by atoms with Gasteiger partial charge in [0.2, 0.25) is 0 Å². The number of carbonyl (C=O) groups is 3. The number of benzene rings is 5. The van der Waals surface area contributed by atoms with Crippen LogP contribution in [0.3, 0.4) is 0 Å². The van der Waals surface area contributed by atoms with Gasteiger partial charge in [0.1, 0.15) is 5.70 Å². The highest BCUT2D eigenvalue weighted by atomic mass is 79.9. The second-order valence-electron chi connectivity index (χ2n) is 9.14. The molecule has 2 N–H and O–H groups in total. The van der Waals surface area contributed by atoms with Gasteiger partial charge in [-0.2, -0.15) is 0 Å². The summed E-state index contributed by atoms with van der Waals surface area (Å²) in [4.78, 5) is 39.9. The van der Waals surface area contributed by atoms with Gasteiger partial charge in [-0.3, -0.25) is 14.4 Å². The summed E-state index contributed by atoms with van der Waals surface area (Å²) >= 11 is 4.81. The standard InChI is InChI=1S/C34H25BrN2O3S/c35-27-15-13-24(14-16-27)32(38)22-41-29-19-17-28(18-20-29)36-34(40)31(37-33(39)25-8-2-1-3-9-25)21-26-11-6-10-23-7-4-5-12-30(23)26/h1-21H,22H2,(H,36,40)(H,37,39)/b31-21-. The van der Waals surface area contributed by atoms with Gasteiger partial charge in [0.15, 0.2) is 5.78 Å².